The summed E-state index contributed by atoms with van der Waals surface area (Å²) in [4.78, 5) is 24.6. The number of carbonyl (C=O) groups is 2. The highest BCUT2D eigenvalue weighted by molar-refractivity contribution is 5.82. The topological polar surface area (TPSA) is 88.4 Å². The Kier molecular flexibility index (Phi) is 5.73. The number of nitrogens with zero attached hydrogens (tertiary/aromatic N) is 1. The Morgan fingerprint density at radius 1 is 1.10 bits per heavy atom. The fraction of sp³-hybridized carbons (Fsp3) is 0.625. The van der Waals surface area contributed by atoms with Gasteiger partial charge in [0.05, 0.1) is 11.6 Å². The summed E-state index contributed by atoms with van der Waals surface area (Å²) in [6, 6.07) is 8.62. The molecule has 0 aliphatic heterocycles. The van der Waals surface area contributed by atoms with Crippen LogP contribution in [0.5, 0.6) is 5.75 Å². The summed E-state index contributed by atoms with van der Waals surface area (Å²) in [5.41, 5.74) is 0.739. The maximum atomic E-state index is 12.4. The predicted octanol–water partition coefficient (Wildman–Crippen LogP) is 3.59. The average Bonchev–Trinajstić information content (AvgIpc) is 2.71. The molecule has 1 aromatic carbocycles. The zero-order valence-corrected chi connectivity index (χ0v) is 17.7. The van der Waals surface area contributed by atoms with E-state index in [0.29, 0.717) is 11.3 Å². The molecule has 6 nitrogen and oxygen atoms in total. The first kappa shape index (κ1) is 20.7. The molecule has 2 atom stereocenters. The van der Waals surface area contributed by atoms with Gasteiger partial charge < -0.3 is 14.8 Å². The molecule has 0 aromatic heterocycles. The van der Waals surface area contributed by atoms with Crippen LogP contribution in [0, 0.1) is 34.5 Å². The van der Waals surface area contributed by atoms with E-state index in [1.54, 1.807) is 31.2 Å². The number of carbonyl (C=O) groups excluding carboxylic acids is 2. The molecule has 0 heterocycles. The number of amides is 1. The van der Waals surface area contributed by atoms with Gasteiger partial charge in [-0.2, -0.15) is 5.26 Å². The van der Waals surface area contributed by atoms with Crippen molar-refractivity contribution < 1.29 is 19.1 Å². The van der Waals surface area contributed by atoms with Crippen LogP contribution in [0.15, 0.2) is 24.3 Å². The SMILES string of the molecule is C[C@H](Oc1ccc(C#N)cc1)C(=O)OCC(=O)N[C@H](C)C12CC3CC(CC(C3)C1)C2. The maximum Gasteiger partial charge on any atom is 0.347 e. The largest absolute Gasteiger partial charge is 0.479 e. The molecule has 4 aliphatic rings. The third-order valence-electron chi connectivity index (χ3n) is 7.36. The van der Waals surface area contributed by atoms with Gasteiger partial charge in [-0.1, -0.05) is 0 Å². The Labute approximate surface area is 177 Å². The number of nitrogens with one attached hydrogen (secondary N) is 1. The fourth-order valence-corrected chi connectivity index (χ4v) is 6.26. The quantitative estimate of drug-likeness (QED) is 0.694. The van der Waals surface area contributed by atoms with Crippen LogP contribution in [0.25, 0.3) is 0 Å². The van der Waals surface area contributed by atoms with E-state index < -0.39 is 12.1 Å². The van der Waals surface area contributed by atoms with Crippen LogP contribution in [0.3, 0.4) is 0 Å². The first-order valence-corrected chi connectivity index (χ1v) is 11.0. The number of rotatable bonds is 7. The fourth-order valence-electron chi connectivity index (χ4n) is 6.26. The molecule has 6 heteroatoms. The second kappa shape index (κ2) is 8.29. The van der Waals surface area contributed by atoms with E-state index in [0.717, 1.165) is 17.8 Å². The monoisotopic (exact) mass is 410 g/mol. The summed E-state index contributed by atoms with van der Waals surface area (Å²) in [6.45, 7) is 3.40. The third-order valence-corrected chi connectivity index (χ3v) is 7.36. The second-order valence-corrected chi connectivity index (χ2v) is 9.57. The molecule has 5 rings (SSSR count). The first-order chi connectivity index (χ1) is 14.4. The zero-order valence-electron chi connectivity index (χ0n) is 17.7. The van der Waals surface area contributed by atoms with Crippen molar-refractivity contribution in [2.24, 2.45) is 23.2 Å². The van der Waals surface area contributed by atoms with Crippen LogP contribution in [0.4, 0.5) is 0 Å². The smallest absolute Gasteiger partial charge is 0.347 e. The number of hydrogen-bond donors (Lipinski definition) is 1. The van der Waals surface area contributed by atoms with Gasteiger partial charge in [0.15, 0.2) is 12.7 Å². The van der Waals surface area contributed by atoms with Crippen LogP contribution in [0.2, 0.25) is 0 Å². The summed E-state index contributed by atoms with van der Waals surface area (Å²) >= 11 is 0. The van der Waals surface area contributed by atoms with E-state index in [9.17, 15) is 9.59 Å². The minimum absolute atomic E-state index is 0.101. The predicted molar refractivity (Wildman–Crippen MR) is 110 cm³/mol. The summed E-state index contributed by atoms with van der Waals surface area (Å²) in [7, 11) is 0. The van der Waals surface area contributed by atoms with Crippen molar-refractivity contribution in [1.29, 1.82) is 5.26 Å². The maximum absolute atomic E-state index is 12.4. The lowest BCUT2D eigenvalue weighted by molar-refractivity contribution is -0.155. The highest BCUT2D eigenvalue weighted by Gasteiger charge is 2.53. The second-order valence-electron chi connectivity index (χ2n) is 9.57. The van der Waals surface area contributed by atoms with Gasteiger partial charge in [-0.05, 0) is 99.8 Å². The zero-order chi connectivity index (χ0) is 21.3. The molecule has 4 aliphatic carbocycles. The van der Waals surface area contributed by atoms with Crippen molar-refractivity contribution in [2.45, 2.75) is 64.5 Å². The van der Waals surface area contributed by atoms with E-state index in [1.165, 1.54) is 38.5 Å². The van der Waals surface area contributed by atoms with E-state index in [4.69, 9.17) is 14.7 Å². The van der Waals surface area contributed by atoms with Crippen molar-refractivity contribution in [1.82, 2.24) is 5.32 Å². The molecule has 4 saturated carbocycles. The molecule has 4 fully saturated rings. The van der Waals surface area contributed by atoms with E-state index in [1.807, 2.05) is 6.07 Å². The number of ether oxygens (including phenoxy) is 2. The minimum Gasteiger partial charge on any atom is -0.479 e. The number of hydrogen-bond acceptors (Lipinski definition) is 5. The molecular weight excluding hydrogens is 380 g/mol. The lowest BCUT2D eigenvalue weighted by atomic mass is 9.48. The van der Waals surface area contributed by atoms with Gasteiger partial charge in [0.1, 0.15) is 5.75 Å². The average molecular weight is 411 g/mol. The number of benzene rings is 1. The van der Waals surface area contributed by atoms with Gasteiger partial charge in [0, 0.05) is 6.04 Å². The Morgan fingerprint density at radius 2 is 1.67 bits per heavy atom. The summed E-state index contributed by atoms with van der Waals surface area (Å²) in [5.74, 6) is 2.11. The molecule has 160 valence electrons. The summed E-state index contributed by atoms with van der Waals surface area (Å²) in [6.07, 6.45) is 6.92. The van der Waals surface area contributed by atoms with Gasteiger partial charge in [0.25, 0.3) is 5.91 Å². The molecule has 1 amide bonds. The van der Waals surface area contributed by atoms with Crippen LogP contribution in [0.1, 0.15) is 57.9 Å². The highest BCUT2D eigenvalue weighted by Crippen LogP contribution is 2.61. The lowest BCUT2D eigenvalue weighted by Crippen LogP contribution is -2.56. The van der Waals surface area contributed by atoms with Crippen molar-refractivity contribution in [2.75, 3.05) is 6.61 Å². The lowest BCUT2D eigenvalue weighted by Gasteiger charge is -2.59. The highest BCUT2D eigenvalue weighted by atomic mass is 16.6. The van der Waals surface area contributed by atoms with Crippen LogP contribution < -0.4 is 10.1 Å². The van der Waals surface area contributed by atoms with E-state index in [-0.39, 0.29) is 24.0 Å². The standard InChI is InChI=1S/C24H30N2O4/c1-15(30-21-5-3-17(13-25)4-6-21)23(28)29-14-22(27)26-16(2)24-10-18-7-19(11-24)9-20(8-18)12-24/h3-6,15-16,18-20H,7-12,14H2,1-2H3,(H,26,27)/t15-,16+,18?,19?,20?,24?/m0/s1. The van der Waals surface area contributed by atoms with E-state index in [2.05, 4.69) is 12.2 Å². The Bertz CT molecular complexity index is 806. The summed E-state index contributed by atoms with van der Waals surface area (Å²) < 4.78 is 10.7. The minimum atomic E-state index is -0.841. The van der Waals surface area contributed by atoms with E-state index >= 15 is 0 Å². The van der Waals surface area contributed by atoms with Gasteiger partial charge in [-0.25, -0.2) is 4.79 Å². The molecule has 0 radical (unpaired) electrons. The molecule has 0 unspecified atom stereocenters. The van der Waals surface area contributed by atoms with Crippen molar-refractivity contribution in [3.63, 3.8) is 0 Å². The normalized spacial score (nSPS) is 30.8. The van der Waals surface area contributed by atoms with Gasteiger partial charge >= 0.3 is 5.97 Å². The van der Waals surface area contributed by atoms with Gasteiger partial charge in [-0.15, -0.1) is 0 Å². The Morgan fingerprint density at radius 3 is 2.20 bits per heavy atom. The van der Waals surface area contributed by atoms with Gasteiger partial charge in [0.2, 0.25) is 0 Å². The van der Waals surface area contributed by atoms with Crippen LogP contribution in [-0.2, 0) is 14.3 Å². The molecule has 1 N–H and O–H groups in total. The Balaban J connectivity index is 1.24. The number of nitriles is 1. The number of esters is 1. The Hall–Kier alpha value is -2.55. The molecular formula is C24H30N2O4. The van der Waals surface area contributed by atoms with Crippen LogP contribution >= 0.6 is 0 Å². The first-order valence-electron chi connectivity index (χ1n) is 11.0. The van der Waals surface area contributed by atoms with Gasteiger partial charge in [-0.3, -0.25) is 4.79 Å². The van der Waals surface area contributed by atoms with Crippen molar-refractivity contribution in [3.05, 3.63) is 29.8 Å². The summed E-state index contributed by atoms with van der Waals surface area (Å²) in [5, 5.41) is 11.9. The molecule has 0 spiro atoms. The molecule has 30 heavy (non-hydrogen) atoms. The van der Waals surface area contributed by atoms with Crippen molar-refractivity contribution in [3.8, 4) is 11.8 Å². The molecule has 4 bridgehead atoms. The van der Waals surface area contributed by atoms with Crippen LogP contribution in [-0.4, -0.2) is 30.6 Å². The molecule has 0 saturated heterocycles. The molecule has 1 aromatic rings. The van der Waals surface area contributed by atoms with Crippen molar-refractivity contribution >= 4 is 11.9 Å². The third kappa shape index (κ3) is 4.30.